The predicted octanol–water partition coefficient (Wildman–Crippen LogP) is 3.07. The molecule has 4 heteroatoms. The molecule has 0 saturated heterocycles. The number of aromatic nitrogens is 2. The van der Waals surface area contributed by atoms with Crippen LogP contribution in [0.1, 0.15) is 48.6 Å². The monoisotopic (exact) mass is 275 g/mol. The van der Waals surface area contributed by atoms with Crippen molar-refractivity contribution in [2.75, 3.05) is 0 Å². The van der Waals surface area contributed by atoms with Gasteiger partial charge in [0.25, 0.3) is 0 Å². The maximum atomic E-state index is 6.28. The second-order valence-electron chi connectivity index (χ2n) is 5.49. The zero-order valence-corrected chi connectivity index (χ0v) is 12.4. The van der Waals surface area contributed by atoms with Crippen molar-refractivity contribution >= 4 is 11.3 Å². The van der Waals surface area contributed by atoms with Gasteiger partial charge in [0.1, 0.15) is 5.82 Å². The van der Waals surface area contributed by atoms with Crippen molar-refractivity contribution in [3.63, 3.8) is 0 Å². The summed E-state index contributed by atoms with van der Waals surface area (Å²) in [5, 5.41) is 4.34. The summed E-state index contributed by atoms with van der Waals surface area (Å²) in [6.07, 6.45) is 4.81. The molecule has 1 aliphatic carbocycles. The number of imidazole rings is 1. The van der Waals surface area contributed by atoms with Gasteiger partial charge in [-0.3, -0.25) is 0 Å². The Kier molecular flexibility index (Phi) is 3.46. The second kappa shape index (κ2) is 5.10. The van der Waals surface area contributed by atoms with Gasteiger partial charge in [-0.2, -0.15) is 11.3 Å². The molecule has 0 amide bonds. The summed E-state index contributed by atoms with van der Waals surface area (Å²) in [6.45, 7) is 4.21. The number of thiophene rings is 1. The SMILES string of the molecule is Cc1nc2c(n1C(c1ccsc1)C(C)N)CCCC2. The van der Waals surface area contributed by atoms with E-state index in [1.807, 2.05) is 0 Å². The van der Waals surface area contributed by atoms with Gasteiger partial charge in [0.15, 0.2) is 0 Å². The first-order valence-electron chi connectivity index (χ1n) is 7.02. The Hall–Kier alpha value is -1.13. The molecule has 2 aromatic heterocycles. The molecule has 3 rings (SSSR count). The molecular formula is C15H21N3S. The van der Waals surface area contributed by atoms with Gasteiger partial charge in [0, 0.05) is 11.7 Å². The minimum Gasteiger partial charge on any atom is -0.326 e. The lowest BCUT2D eigenvalue weighted by Gasteiger charge is -2.26. The average molecular weight is 275 g/mol. The van der Waals surface area contributed by atoms with Crippen molar-refractivity contribution in [3.05, 3.63) is 39.6 Å². The van der Waals surface area contributed by atoms with E-state index in [9.17, 15) is 0 Å². The first kappa shape index (κ1) is 12.9. The first-order valence-corrected chi connectivity index (χ1v) is 7.97. The highest BCUT2D eigenvalue weighted by molar-refractivity contribution is 7.07. The maximum absolute atomic E-state index is 6.28. The quantitative estimate of drug-likeness (QED) is 0.935. The molecule has 0 spiro atoms. The van der Waals surface area contributed by atoms with Crippen LogP contribution in [-0.2, 0) is 12.8 Å². The molecule has 1 aliphatic rings. The Morgan fingerprint density at radius 2 is 2.16 bits per heavy atom. The average Bonchev–Trinajstić information content (AvgIpc) is 2.99. The minimum absolute atomic E-state index is 0.0912. The van der Waals surface area contributed by atoms with E-state index in [1.54, 1.807) is 11.3 Å². The molecule has 2 N–H and O–H groups in total. The van der Waals surface area contributed by atoms with Crippen LogP contribution >= 0.6 is 11.3 Å². The van der Waals surface area contributed by atoms with Gasteiger partial charge in [-0.15, -0.1) is 0 Å². The van der Waals surface area contributed by atoms with E-state index in [4.69, 9.17) is 10.7 Å². The fourth-order valence-corrected chi connectivity index (χ4v) is 3.89. The Balaban J connectivity index is 2.11. The maximum Gasteiger partial charge on any atom is 0.106 e. The topological polar surface area (TPSA) is 43.8 Å². The number of aryl methyl sites for hydroxylation is 2. The summed E-state index contributed by atoms with van der Waals surface area (Å²) in [5.74, 6) is 1.11. The zero-order chi connectivity index (χ0) is 13.4. The summed E-state index contributed by atoms with van der Waals surface area (Å²) < 4.78 is 2.39. The predicted molar refractivity (Wildman–Crippen MR) is 79.7 cm³/mol. The largest absolute Gasteiger partial charge is 0.326 e. The molecule has 19 heavy (non-hydrogen) atoms. The number of nitrogens with zero attached hydrogens (tertiary/aromatic N) is 2. The van der Waals surface area contributed by atoms with Crippen LogP contribution in [0, 0.1) is 6.92 Å². The molecule has 2 unspecified atom stereocenters. The van der Waals surface area contributed by atoms with E-state index in [-0.39, 0.29) is 12.1 Å². The van der Waals surface area contributed by atoms with Gasteiger partial charge >= 0.3 is 0 Å². The van der Waals surface area contributed by atoms with E-state index in [2.05, 4.69) is 35.2 Å². The Morgan fingerprint density at radius 3 is 2.84 bits per heavy atom. The van der Waals surface area contributed by atoms with Crippen LogP contribution in [-0.4, -0.2) is 15.6 Å². The highest BCUT2D eigenvalue weighted by Gasteiger charge is 2.26. The third-order valence-corrected chi connectivity index (χ3v) is 4.71. The van der Waals surface area contributed by atoms with Crippen molar-refractivity contribution in [1.29, 1.82) is 0 Å². The fourth-order valence-electron chi connectivity index (χ4n) is 3.20. The Bertz CT molecular complexity index is 554. The van der Waals surface area contributed by atoms with Gasteiger partial charge in [-0.25, -0.2) is 4.98 Å². The van der Waals surface area contributed by atoms with Crippen LogP contribution in [0.25, 0.3) is 0 Å². The van der Waals surface area contributed by atoms with E-state index < -0.39 is 0 Å². The van der Waals surface area contributed by atoms with Gasteiger partial charge in [-0.05, 0) is 61.9 Å². The summed E-state index contributed by atoms with van der Waals surface area (Å²) in [5.41, 5.74) is 10.3. The van der Waals surface area contributed by atoms with Gasteiger partial charge in [0.2, 0.25) is 0 Å². The van der Waals surface area contributed by atoms with Crippen molar-refractivity contribution < 1.29 is 0 Å². The number of hydrogen-bond donors (Lipinski definition) is 1. The second-order valence-corrected chi connectivity index (χ2v) is 6.27. The van der Waals surface area contributed by atoms with Crippen LogP contribution in [0.15, 0.2) is 16.8 Å². The third kappa shape index (κ3) is 2.23. The van der Waals surface area contributed by atoms with E-state index in [0.29, 0.717) is 0 Å². The molecule has 0 aliphatic heterocycles. The Morgan fingerprint density at radius 1 is 1.37 bits per heavy atom. The smallest absolute Gasteiger partial charge is 0.106 e. The lowest BCUT2D eigenvalue weighted by molar-refractivity contribution is 0.466. The summed E-state index contributed by atoms with van der Waals surface area (Å²) >= 11 is 1.74. The van der Waals surface area contributed by atoms with Crippen molar-refractivity contribution in [2.24, 2.45) is 5.73 Å². The molecule has 0 bridgehead atoms. The van der Waals surface area contributed by atoms with Crippen molar-refractivity contribution in [2.45, 2.75) is 51.6 Å². The lowest BCUT2D eigenvalue weighted by Crippen LogP contribution is -2.32. The van der Waals surface area contributed by atoms with Gasteiger partial charge in [-0.1, -0.05) is 0 Å². The van der Waals surface area contributed by atoms with E-state index >= 15 is 0 Å². The summed E-state index contributed by atoms with van der Waals surface area (Å²) in [4.78, 5) is 4.78. The van der Waals surface area contributed by atoms with E-state index in [0.717, 1.165) is 18.7 Å². The van der Waals surface area contributed by atoms with Crippen LogP contribution in [0.4, 0.5) is 0 Å². The summed E-state index contributed by atoms with van der Waals surface area (Å²) in [6, 6.07) is 2.50. The molecule has 102 valence electrons. The lowest BCUT2D eigenvalue weighted by atomic mass is 9.98. The highest BCUT2D eigenvalue weighted by Crippen LogP contribution is 2.31. The van der Waals surface area contributed by atoms with Crippen molar-refractivity contribution in [3.8, 4) is 0 Å². The van der Waals surface area contributed by atoms with Gasteiger partial charge < -0.3 is 10.3 Å². The highest BCUT2D eigenvalue weighted by atomic mass is 32.1. The van der Waals surface area contributed by atoms with Crippen LogP contribution in [0.3, 0.4) is 0 Å². The third-order valence-electron chi connectivity index (χ3n) is 4.01. The molecule has 0 radical (unpaired) electrons. The van der Waals surface area contributed by atoms with Crippen LogP contribution in [0.5, 0.6) is 0 Å². The van der Waals surface area contributed by atoms with Crippen molar-refractivity contribution in [1.82, 2.24) is 9.55 Å². The summed E-state index contributed by atoms with van der Waals surface area (Å²) in [7, 11) is 0. The molecule has 3 nitrogen and oxygen atoms in total. The number of nitrogens with two attached hydrogens (primary N) is 1. The molecule has 2 atom stereocenters. The molecule has 2 aromatic rings. The fraction of sp³-hybridized carbons (Fsp3) is 0.533. The molecular weight excluding hydrogens is 254 g/mol. The number of hydrogen-bond acceptors (Lipinski definition) is 3. The first-order chi connectivity index (χ1) is 9.18. The zero-order valence-electron chi connectivity index (χ0n) is 11.6. The molecule has 0 fully saturated rings. The van der Waals surface area contributed by atoms with Gasteiger partial charge in [0.05, 0.1) is 11.7 Å². The molecule has 0 aromatic carbocycles. The van der Waals surface area contributed by atoms with Crippen LogP contribution < -0.4 is 5.73 Å². The molecule has 2 heterocycles. The van der Waals surface area contributed by atoms with E-state index in [1.165, 1.54) is 29.8 Å². The normalized spacial score (nSPS) is 18.1. The minimum atomic E-state index is 0.0912. The Labute approximate surface area is 118 Å². The van der Waals surface area contributed by atoms with Crippen LogP contribution in [0.2, 0.25) is 0 Å². The number of rotatable bonds is 3. The molecule has 0 saturated carbocycles. The standard InChI is InChI=1S/C15H21N3S/c1-10(16)15(12-7-8-19-9-12)18-11(2)17-13-5-3-4-6-14(13)18/h7-10,15H,3-6,16H2,1-2H3. The number of fused-ring (bicyclic) bond motifs is 1.